The number of carbonyl (C=O) groups excluding carboxylic acids is 1. The number of nitrogens with one attached hydrogen (secondary N) is 2. The van der Waals surface area contributed by atoms with E-state index in [1.165, 1.54) is 19.3 Å². The lowest BCUT2D eigenvalue weighted by atomic mass is 9.85. The van der Waals surface area contributed by atoms with Crippen molar-refractivity contribution >= 4 is 5.91 Å². The number of piperidine rings is 1. The SMILES string of the molecule is CC(CC(=O)NC1CCC(C)(C)C1)C1CCCNC1. The smallest absolute Gasteiger partial charge is 0.220 e. The summed E-state index contributed by atoms with van der Waals surface area (Å²) in [5, 5.41) is 6.69. The van der Waals surface area contributed by atoms with Crippen molar-refractivity contribution in [2.45, 2.75) is 65.3 Å². The molecular weight excluding hydrogens is 236 g/mol. The van der Waals surface area contributed by atoms with E-state index in [4.69, 9.17) is 0 Å². The molecular formula is C16H30N2O. The molecule has 19 heavy (non-hydrogen) atoms. The van der Waals surface area contributed by atoms with Gasteiger partial charge in [0, 0.05) is 12.5 Å². The molecule has 3 atom stereocenters. The van der Waals surface area contributed by atoms with Gasteiger partial charge in [0.2, 0.25) is 5.91 Å². The molecule has 3 heteroatoms. The van der Waals surface area contributed by atoms with Gasteiger partial charge in [-0.2, -0.15) is 0 Å². The summed E-state index contributed by atoms with van der Waals surface area (Å²) in [5.74, 6) is 1.45. The molecule has 2 aliphatic rings. The molecule has 3 unspecified atom stereocenters. The van der Waals surface area contributed by atoms with E-state index in [9.17, 15) is 4.79 Å². The minimum atomic E-state index is 0.265. The van der Waals surface area contributed by atoms with Gasteiger partial charge in [-0.1, -0.05) is 20.8 Å². The van der Waals surface area contributed by atoms with Gasteiger partial charge in [-0.25, -0.2) is 0 Å². The first-order valence-corrected chi connectivity index (χ1v) is 7.96. The zero-order valence-electron chi connectivity index (χ0n) is 12.8. The van der Waals surface area contributed by atoms with Crippen molar-refractivity contribution in [3.05, 3.63) is 0 Å². The second kappa shape index (κ2) is 6.25. The average Bonchev–Trinajstić information content (AvgIpc) is 2.69. The van der Waals surface area contributed by atoms with Crippen LogP contribution in [-0.4, -0.2) is 25.0 Å². The number of rotatable bonds is 4. The first kappa shape index (κ1) is 14.8. The van der Waals surface area contributed by atoms with E-state index in [-0.39, 0.29) is 5.91 Å². The van der Waals surface area contributed by atoms with Crippen LogP contribution in [0.15, 0.2) is 0 Å². The largest absolute Gasteiger partial charge is 0.353 e. The highest BCUT2D eigenvalue weighted by molar-refractivity contribution is 5.76. The monoisotopic (exact) mass is 266 g/mol. The third-order valence-electron chi connectivity index (χ3n) is 4.98. The topological polar surface area (TPSA) is 41.1 Å². The predicted octanol–water partition coefficient (Wildman–Crippen LogP) is 2.71. The summed E-state index contributed by atoms with van der Waals surface area (Å²) < 4.78 is 0. The summed E-state index contributed by atoms with van der Waals surface area (Å²) in [6, 6.07) is 0.416. The maximum atomic E-state index is 12.1. The minimum Gasteiger partial charge on any atom is -0.353 e. The van der Waals surface area contributed by atoms with Gasteiger partial charge >= 0.3 is 0 Å². The third kappa shape index (κ3) is 4.48. The second-order valence-corrected chi connectivity index (χ2v) is 7.46. The Hall–Kier alpha value is -0.570. The van der Waals surface area contributed by atoms with E-state index in [0.717, 1.165) is 25.9 Å². The van der Waals surface area contributed by atoms with Crippen LogP contribution in [0.4, 0.5) is 0 Å². The van der Waals surface area contributed by atoms with Gasteiger partial charge < -0.3 is 10.6 Å². The second-order valence-electron chi connectivity index (χ2n) is 7.46. The Morgan fingerprint density at radius 3 is 2.79 bits per heavy atom. The first-order chi connectivity index (χ1) is 8.96. The molecule has 2 N–H and O–H groups in total. The van der Waals surface area contributed by atoms with Crippen LogP contribution in [0.2, 0.25) is 0 Å². The zero-order chi connectivity index (χ0) is 13.9. The number of carbonyl (C=O) groups is 1. The average molecular weight is 266 g/mol. The highest BCUT2D eigenvalue weighted by Crippen LogP contribution is 2.37. The van der Waals surface area contributed by atoms with Crippen LogP contribution in [0.3, 0.4) is 0 Å². The van der Waals surface area contributed by atoms with Crippen molar-refractivity contribution in [1.29, 1.82) is 0 Å². The fourth-order valence-electron chi connectivity index (χ4n) is 3.67. The molecule has 0 aromatic carbocycles. The van der Waals surface area contributed by atoms with E-state index >= 15 is 0 Å². The fraction of sp³-hybridized carbons (Fsp3) is 0.938. The lowest BCUT2D eigenvalue weighted by Gasteiger charge is -2.28. The van der Waals surface area contributed by atoms with Gasteiger partial charge in [0.1, 0.15) is 0 Å². The summed E-state index contributed by atoms with van der Waals surface area (Å²) in [5.41, 5.74) is 0.414. The molecule has 1 amide bonds. The lowest BCUT2D eigenvalue weighted by molar-refractivity contribution is -0.123. The molecule has 2 rings (SSSR count). The highest BCUT2D eigenvalue weighted by Gasteiger charge is 2.32. The van der Waals surface area contributed by atoms with Crippen LogP contribution in [-0.2, 0) is 4.79 Å². The predicted molar refractivity (Wildman–Crippen MR) is 78.9 cm³/mol. The van der Waals surface area contributed by atoms with Crippen molar-refractivity contribution in [3.63, 3.8) is 0 Å². The standard InChI is InChI=1S/C16H30N2O/c1-12(13-5-4-8-17-11-13)9-15(19)18-14-6-7-16(2,3)10-14/h12-14,17H,4-11H2,1-3H3,(H,18,19). The quantitative estimate of drug-likeness (QED) is 0.821. The molecule has 0 aromatic rings. The van der Waals surface area contributed by atoms with Crippen LogP contribution in [0.5, 0.6) is 0 Å². The molecule has 1 saturated heterocycles. The Morgan fingerprint density at radius 2 is 2.21 bits per heavy atom. The molecule has 0 spiro atoms. The summed E-state index contributed by atoms with van der Waals surface area (Å²) in [4.78, 5) is 12.1. The fourth-order valence-corrected chi connectivity index (χ4v) is 3.67. The minimum absolute atomic E-state index is 0.265. The highest BCUT2D eigenvalue weighted by atomic mass is 16.1. The molecule has 110 valence electrons. The Labute approximate surface area is 117 Å². The molecule has 1 aliphatic heterocycles. The summed E-state index contributed by atoms with van der Waals surface area (Å²) >= 11 is 0. The van der Waals surface area contributed by atoms with E-state index in [1.807, 2.05) is 0 Å². The van der Waals surface area contributed by atoms with E-state index < -0.39 is 0 Å². The van der Waals surface area contributed by atoms with Crippen molar-refractivity contribution in [3.8, 4) is 0 Å². The van der Waals surface area contributed by atoms with Crippen LogP contribution >= 0.6 is 0 Å². The van der Waals surface area contributed by atoms with Crippen LogP contribution in [0, 0.1) is 17.3 Å². The number of amides is 1. The normalized spacial score (nSPS) is 31.9. The Balaban J connectivity index is 1.72. The van der Waals surface area contributed by atoms with Crippen LogP contribution in [0.25, 0.3) is 0 Å². The van der Waals surface area contributed by atoms with Crippen molar-refractivity contribution in [2.24, 2.45) is 17.3 Å². The third-order valence-corrected chi connectivity index (χ3v) is 4.98. The summed E-state index contributed by atoms with van der Waals surface area (Å²) in [6.07, 6.45) is 6.75. The molecule has 1 heterocycles. The molecule has 0 bridgehead atoms. The van der Waals surface area contributed by atoms with Crippen molar-refractivity contribution in [1.82, 2.24) is 10.6 Å². The van der Waals surface area contributed by atoms with Crippen molar-refractivity contribution in [2.75, 3.05) is 13.1 Å². The maximum absolute atomic E-state index is 12.1. The maximum Gasteiger partial charge on any atom is 0.220 e. The Morgan fingerprint density at radius 1 is 1.42 bits per heavy atom. The first-order valence-electron chi connectivity index (χ1n) is 7.96. The van der Waals surface area contributed by atoms with Crippen molar-refractivity contribution < 1.29 is 4.79 Å². The lowest BCUT2D eigenvalue weighted by Crippen LogP contribution is -2.38. The Kier molecular flexibility index (Phi) is 4.88. The summed E-state index contributed by atoms with van der Waals surface area (Å²) in [7, 11) is 0. The molecule has 1 saturated carbocycles. The summed E-state index contributed by atoms with van der Waals surface area (Å²) in [6.45, 7) is 9.07. The molecule has 3 nitrogen and oxygen atoms in total. The molecule has 1 aliphatic carbocycles. The van der Waals surface area contributed by atoms with Gasteiger partial charge in [-0.3, -0.25) is 4.79 Å². The van der Waals surface area contributed by atoms with Gasteiger partial charge in [-0.05, 0) is 62.4 Å². The van der Waals surface area contributed by atoms with E-state index in [2.05, 4.69) is 31.4 Å². The van der Waals surface area contributed by atoms with Gasteiger partial charge in [0.25, 0.3) is 0 Å². The van der Waals surface area contributed by atoms with Crippen LogP contribution < -0.4 is 10.6 Å². The Bertz CT molecular complexity index is 308. The van der Waals surface area contributed by atoms with Crippen LogP contribution in [0.1, 0.15) is 59.3 Å². The van der Waals surface area contributed by atoms with Gasteiger partial charge in [-0.15, -0.1) is 0 Å². The number of hydrogen-bond acceptors (Lipinski definition) is 2. The number of hydrogen-bond donors (Lipinski definition) is 2. The molecule has 0 radical (unpaired) electrons. The van der Waals surface area contributed by atoms with E-state index in [1.54, 1.807) is 0 Å². The zero-order valence-corrected chi connectivity index (χ0v) is 12.8. The van der Waals surface area contributed by atoms with E-state index in [0.29, 0.717) is 29.7 Å². The van der Waals surface area contributed by atoms with Gasteiger partial charge in [0.15, 0.2) is 0 Å². The van der Waals surface area contributed by atoms with Gasteiger partial charge in [0.05, 0.1) is 0 Å². The molecule has 2 fully saturated rings. The molecule has 0 aromatic heterocycles.